The van der Waals surface area contributed by atoms with Crippen LogP contribution in [0.1, 0.15) is 6.42 Å². The van der Waals surface area contributed by atoms with E-state index in [1.165, 1.54) is 4.90 Å². The molecule has 4 rings (SSSR count). The van der Waals surface area contributed by atoms with Crippen LogP contribution in [0.3, 0.4) is 0 Å². The summed E-state index contributed by atoms with van der Waals surface area (Å²) in [6, 6.07) is 16.4. The maximum absolute atomic E-state index is 12.6. The maximum atomic E-state index is 12.6. The Morgan fingerprint density at radius 2 is 1.79 bits per heavy atom. The number of hydrogen-bond acceptors (Lipinski definition) is 4. The van der Waals surface area contributed by atoms with E-state index in [2.05, 4.69) is 5.32 Å². The Balaban J connectivity index is 1.64. The molecule has 5 heteroatoms. The number of hydrogen-bond donors (Lipinski definition) is 1. The van der Waals surface area contributed by atoms with Crippen molar-refractivity contribution in [1.82, 2.24) is 5.32 Å². The zero-order valence-corrected chi connectivity index (χ0v) is 12.9. The fourth-order valence-corrected chi connectivity index (χ4v) is 3.07. The number of anilines is 1. The molecule has 1 unspecified atom stereocenters. The zero-order valence-electron chi connectivity index (χ0n) is 12.9. The monoisotopic (exact) mass is 320 g/mol. The van der Waals surface area contributed by atoms with Crippen LogP contribution in [-0.4, -0.2) is 18.4 Å². The Morgan fingerprint density at radius 3 is 2.58 bits per heavy atom. The van der Waals surface area contributed by atoms with Crippen LogP contribution >= 0.6 is 0 Å². The normalized spacial score (nSPS) is 19.6. The Bertz CT molecular complexity index is 830. The van der Waals surface area contributed by atoms with E-state index in [-0.39, 0.29) is 17.7 Å². The number of carbonyl (C=O) groups excluding carboxylic acids is 2. The van der Waals surface area contributed by atoms with Gasteiger partial charge >= 0.3 is 0 Å². The molecule has 5 nitrogen and oxygen atoms in total. The minimum absolute atomic E-state index is 0.162. The molecule has 2 aromatic carbocycles. The van der Waals surface area contributed by atoms with Gasteiger partial charge in [-0.2, -0.15) is 0 Å². The van der Waals surface area contributed by atoms with Crippen molar-refractivity contribution in [3.63, 3.8) is 0 Å². The molecule has 1 saturated heterocycles. The number of para-hydroxylation sites is 1. The van der Waals surface area contributed by atoms with Gasteiger partial charge in [0.2, 0.25) is 5.91 Å². The van der Waals surface area contributed by atoms with E-state index < -0.39 is 0 Å². The van der Waals surface area contributed by atoms with Gasteiger partial charge in [-0.25, -0.2) is 4.90 Å². The molecule has 1 atom stereocenters. The minimum Gasteiger partial charge on any atom is -0.457 e. The van der Waals surface area contributed by atoms with Gasteiger partial charge in [-0.05, 0) is 30.7 Å². The lowest BCUT2D eigenvalue weighted by atomic mass is 9.97. The third kappa shape index (κ3) is 2.44. The van der Waals surface area contributed by atoms with Crippen LogP contribution < -0.4 is 15.0 Å². The summed E-state index contributed by atoms with van der Waals surface area (Å²) in [5, 5.41) is 3.04. The number of ether oxygens (including phenoxy) is 1. The quantitative estimate of drug-likeness (QED) is 0.884. The molecule has 0 bridgehead atoms. The standard InChI is InChI=1S/C19H16N2O3/c22-18-16-9-10-20-12-17(16)19(23)21(18)13-5-4-8-15(11-13)24-14-6-2-1-3-7-14/h1-8,11-12,16,20H,9-10H2. The molecule has 0 radical (unpaired) electrons. The first-order valence-corrected chi connectivity index (χ1v) is 7.89. The predicted octanol–water partition coefficient (Wildman–Crippen LogP) is 2.85. The fourth-order valence-electron chi connectivity index (χ4n) is 3.07. The van der Waals surface area contributed by atoms with Gasteiger partial charge in [0.1, 0.15) is 11.5 Å². The van der Waals surface area contributed by atoms with Crippen LogP contribution in [0, 0.1) is 5.92 Å². The average Bonchev–Trinajstić information content (AvgIpc) is 2.87. The average molecular weight is 320 g/mol. The molecule has 2 heterocycles. The largest absolute Gasteiger partial charge is 0.457 e. The molecule has 24 heavy (non-hydrogen) atoms. The lowest BCUT2D eigenvalue weighted by Gasteiger charge is -2.16. The van der Waals surface area contributed by atoms with E-state index in [1.807, 2.05) is 30.3 Å². The molecule has 2 aliphatic rings. The maximum Gasteiger partial charge on any atom is 0.263 e. The molecule has 1 fully saturated rings. The summed E-state index contributed by atoms with van der Waals surface area (Å²) >= 11 is 0. The second-order valence-corrected chi connectivity index (χ2v) is 5.79. The van der Waals surface area contributed by atoms with E-state index >= 15 is 0 Å². The first kappa shape index (κ1) is 14.5. The van der Waals surface area contributed by atoms with Crippen molar-refractivity contribution in [2.75, 3.05) is 11.4 Å². The van der Waals surface area contributed by atoms with E-state index in [0.717, 1.165) is 0 Å². The summed E-state index contributed by atoms with van der Waals surface area (Å²) in [5.74, 6) is 0.534. The van der Waals surface area contributed by atoms with Gasteiger partial charge in [0.05, 0.1) is 11.6 Å². The van der Waals surface area contributed by atoms with Crippen molar-refractivity contribution >= 4 is 17.5 Å². The van der Waals surface area contributed by atoms with Crippen LogP contribution in [0.4, 0.5) is 5.69 Å². The minimum atomic E-state index is -0.336. The van der Waals surface area contributed by atoms with Crippen molar-refractivity contribution in [3.8, 4) is 11.5 Å². The Labute approximate surface area is 139 Å². The Kier molecular flexibility index (Phi) is 3.54. The fraction of sp³-hybridized carbons (Fsp3) is 0.158. The summed E-state index contributed by atoms with van der Waals surface area (Å²) in [6.45, 7) is 0.707. The number of benzene rings is 2. The smallest absolute Gasteiger partial charge is 0.263 e. The molecular formula is C19H16N2O3. The summed E-state index contributed by atoms with van der Waals surface area (Å²) in [4.78, 5) is 26.4. The van der Waals surface area contributed by atoms with Crippen molar-refractivity contribution < 1.29 is 14.3 Å². The zero-order chi connectivity index (χ0) is 16.5. The molecule has 0 aliphatic carbocycles. The van der Waals surface area contributed by atoms with Crippen molar-refractivity contribution in [3.05, 3.63) is 66.4 Å². The van der Waals surface area contributed by atoms with E-state index in [9.17, 15) is 9.59 Å². The van der Waals surface area contributed by atoms with Gasteiger partial charge in [-0.1, -0.05) is 24.3 Å². The topological polar surface area (TPSA) is 58.6 Å². The first-order chi connectivity index (χ1) is 11.7. The number of imide groups is 1. The van der Waals surface area contributed by atoms with Gasteiger partial charge in [0, 0.05) is 24.4 Å². The van der Waals surface area contributed by atoms with Crippen LogP contribution in [0.25, 0.3) is 0 Å². The Hall–Kier alpha value is -3.08. The highest BCUT2D eigenvalue weighted by Crippen LogP contribution is 2.35. The summed E-state index contributed by atoms with van der Waals surface area (Å²) in [6.07, 6.45) is 2.31. The van der Waals surface area contributed by atoms with Gasteiger partial charge in [0.25, 0.3) is 5.91 Å². The molecule has 0 saturated carbocycles. The molecule has 0 aromatic heterocycles. The van der Waals surface area contributed by atoms with Crippen LogP contribution in [0.5, 0.6) is 11.5 Å². The van der Waals surface area contributed by atoms with Crippen LogP contribution in [-0.2, 0) is 9.59 Å². The number of nitrogens with zero attached hydrogens (tertiary/aromatic N) is 1. The number of nitrogens with one attached hydrogen (secondary N) is 1. The highest BCUT2D eigenvalue weighted by atomic mass is 16.5. The number of amides is 2. The molecule has 2 aromatic rings. The second-order valence-electron chi connectivity index (χ2n) is 5.79. The highest BCUT2D eigenvalue weighted by Gasteiger charge is 2.44. The SMILES string of the molecule is O=C1C2=CNCCC2C(=O)N1c1cccc(Oc2ccccc2)c1. The molecule has 1 N–H and O–H groups in total. The van der Waals surface area contributed by atoms with Gasteiger partial charge in [0.15, 0.2) is 0 Å². The third-order valence-corrected chi connectivity index (χ3v) is 4.23. The van der Waals surface area contributed by atoms with E-state index in [1.54, 1.807) is 30.5 Å². The van der Waals surface area contributed by atoms with Crippen molar-refractivity contribution in [2.45, 2.75) is 6.42 Å². The van der Waals surface area contributed by atoms with E-state index in [4.69, 9.17) is 4.74 Å². The molecular weight excluding hydrogens is 304 g/mol. The van der Waals surface area contributed by atoms with Crippen molar-refractivity contribution in [1.29, 1.82) is 0 Å². The summed E-state index contributed by atoms with van der Waals surface area (Å²) < 4.78 is 5.79. The second kappa shape index (κ2) is 5.85. The van der Waals surface area contributed by atoms with Gasteiger partial charge < -0.3 is 10.1 Å². The molecule has 0 spiro atoms. The number of fused-ring (bicyclic) bond motifs is 1. The van der Waals surface area contributed by atoms with Gasteiger partial charge in [-0.3, -0.25) is 9.59 Å². The molecule has 2 aliphatic heterocycles. The van der Waals surface area contributed by atoms with E-state index in [0.29, 0.717) is 35.7 Å². The third-order valence-electron chi connectivity index (χ3n) is 4.23. The lowest BCUT2D eigenvalue weighted by Crippen LogP contribution is -2.30. The highest BCUT2D eigenvalue weighted by molar-refractivity contribution is 6.29. The lowest BCUT2D eigenvalue weighted by molar-refractivity contribution is -0.122. The number of rotatable bonds is 3. The predicted molar refractivity (Wildman–Crippen MR) is 89.6 cm³/mol. The Morgan fingerprint density at radius 1 is 1.00 bits per heavy atom. The molecule has 120 valence electrons. The number of carbonyl (C=O) groups is 2. The van der Waals surface area contributed by atoms with Gasteiger partial charge in [-0.15, -0.1) is 0 Å². The van der Waals surface area contributed by atoms with Crippen molar-refractivity contribution in [2.24, 2.45) is 5.92 Å². The van der Waals surface area contributed by atoms with Crippen LogP contribution in [0.2, 0.25) is 0 Å². The molecule has 2 amide bonds. The van der Waals surface area contributed by atoms with Crippen LogP contribution in [0.15, 0.2) is 66.4 Å². The summed E-state index contributed by atoms with van der Waals surface area (Å²) in [7, 11) is 0. The first-order valence-electron chi connectivity index (χ1n) is 7.89. The summed E-state index contributed by atoms with van der Waals surface area (Å²) in [5.41, 5.74) is 1.08.